The van der Waals surface area contributed by atoms with E-state index in [1.54, 1.807) is 42.3 Å². The highest BCUT2D eigenvalue weighted by molar-refractivity contribution is 5.51. The van der Waals surface area contributed by atoms with Crippen LogP contribution in [0.3, 0.4) is 0 Å². The van der Waals surface area contributed by atoms with Gasteiger partial charge in [0.05, 0.1) is 41.2 Å². The monoisotopic (exact) mass is 1090 g/mol. The SMILES string of the molecule is COc1ccc(C(OC[C@H]2O[C@@H](n3cc(C)c(=O)[nH]c3=O)C[C@]2(O)O[CH][C@H]2O[C@@H](n3cc(C)c(=O)[nH]c3=O)C[C@@H]2OC(c2ccccc2)(c2ccc(OC)cc2)c2ccc(OC)cc2)(c2ccccc2)c2ccc(OC)cc2)cc1. The first kappa shape index (κ1) is 55.0. The van der Waals surface area contributed by atoms with E-state index in [4.69, 9.17) is 42.6 Å². The maximum atomic E-state index is 13.7. The second kappa shape index (κ2) is 23.2. The van der Waals surface area contributed by atoms with Crippen molar-refractivity contribution in [3.05, 3.63) is 263 Å². The number of nitrogens with one attached hydrogen (secondary N) is 2. The molecule has 4 heterocycles. The quantitative estimate of drug-likeness (QED) is 0.0497. The minimum atomic E-state index is -2.31. The molecule has 0 amide bonds. The highest BCUT2D eigenvalue weighted by Gasteiger charge is 2.54. The van der Waals surface area contributed by atoms with E-state index in [9.17, 15) is 24.3 Å². The van der Waals surface area contributed by atoms with Crippen LogP contribution in [0.25, 0.3) is 0 Å². The van der Waals surface area contributed by atoms with Gasteiger partial charge in [-0.1, -0.05) is 109 Å². The van der Waals surface area contributed by atoms with Crippen LogP contribution in [0, 0.1) is 20.5 Å². The molecule has 10 rings (SSSR count). The molecule has 2 aliphatic heterocycles. The zero-order valence-corrected chi connectivity index (χ0v) is 44.9. The lowest BCUT2D eigenvalue weighted by Gasteiger charge is -2.40. The second-order valence-electron chi connectivity index (χ2n) is 19.6. The fourth-order valence-electron chi connectivity index (χ4n) is 10.6. The van der Waals surface area contributed by atoms with Gasteiger partial charge >= 0.3 is 11.4 Å². The van der Waals surface area contributed by atoms with E-state index in [-0.39, 0.29) is 30.6 Å². The third kappa shape index (κ3) is 10.6. The average Bonchev–Trinajstić information content (AvgIpc) is 3.90. The van der Waals surface area contributed by atoms with Gasteiger partial charge in [-0.25, -0.2) is 9.59 Å². The van der Waals surface area contributed by atoms with Crippen LogP contribution in [0.4, 0.5) is 0 Å². The summed E-state index contributed by atoms with van der Waals surface area (Å²) in [6.07, 6.45) is -3.33. The van der Waals surface area contributed by atoms with Crippen LogP contribution in [-0.2, 0) is 34.9 Å². The van der Waals surface area contributed by atoms with E-state index in [0.29, 0.717) is 45.3 Å². The first-order valence-electron chi connectivity index (χ1n) is 25.9. The molecule has 2 fully saturated rings. The summed E-state index contributed by atoms with van der Waals surface area (Å²) in [5.74, 6) is 0.135. The van der Waals surface area contributed by atoms with Crippen molar-refractivity contribution in [1.82, 2.24) is 19.1 Å². The largest absolute Gasteiger partial charge is 0.497 e. The maximum absolute atomic E-state index is 13.7. The molecule has 3 N–H and O–H groups in total. The van der Waals surface area contributed by atoms with Crippen LogP contribution in [0.2, 0.25) is 0 Å². The molecule has 6 atom stereocenters. The van der Waals surface area contributed by atoms with Crippen LogP contribution in [0.1, 0.15) is 69.8 Å². The van der Waals surface area contributed by atoms with E-state index in [1.807, 2.05) is 158 Å². The Balaban J connectivity index is 1.08. The van der Waals surface area contributed by atoms with Crippen molar-refractivity contribution in [3.63, 3.8) is 0 Å². The Morgan fingerprint density at radius 1 is 0.550 bits per heavy atom. The minimum Gasteiger partial charge on any atom is -0.497 e. The van der Waals surface area contributed by atoms with Crippen LogP contribution in [-0.4, -0.2) is 83.4 Å². The normalized spacial score (nSPS) is 20.1. The topological polar surface area (TPSA) is 213 Å². The fraction of sp³-hybridized carbons (Fsp3) is 0.274. The predicted molar refractivity (Wildman–Crippen MR) is 295 cm³/mol. The molecule has 8 aromatic rings. The van der Waals surface area contributed by atoms with E-state index in [0.717, 1.165) is 11.1 Å². The molecule has 2 aliphatic rings. The first-order valence-corrected chi connectivity index (χ1v) is 25.9. The third-order valence-electron chi connectivity index (χ3n) is 14.9. The van der Waals surface area contributed by atoms with Crippen LogP contribution < -0.4 is 41.4 Å². The van der Waals surface area contributed by atoms with Crippen molar-refractivity contribution in [2.45, 2.75) is 74.4 Å². The predicted octanol–water partition coefficient (Wildman–Crippen LogP) is 7.57. The number of hydrogen-bond donors (Lipinski definition) is 3. The molecule has 0 unspecified atom stereocenters. The molecule has 0 aliphatic carbocycles. The Morgan fingerprint density at radius 3 is 1.36 bits per heavy atom. The third-order valence-corrected chi connectivity index (χ3v) is 14.9. The van der Waals surface area contributed by atoms with Crippen molar-refractivity contribution in [3.8, 4) is 23.0 Å². The number of rotatable bonds is 20. The lowest BCUT2D eigenvalue weighted by molar-refractivity contribution is -0.239. The highest BCUT2D eigenvalue weighted by Crippen LogP contribution is 2.48. The van der Waals surface area contributed by atoms with Gasteiger partial charge in [0.1, 0.15) is 65.5 Å². The number of aromatic nitrogens is 4. The number of ether oxygens (including phenoxy) is 9. The van der Waals surface area contributed by atoms with Crippen molar-refractivity contribution in [2.75, 3.05) is 35.0 Å². The first-order chi connectivity index (χ1) is 38.7. The molecule has 413 valence electrons. The van der Waals surface area contributed by atoms with Crippen LogP contribution in [0.15, 0.2) is 189 Å². The number of hydrogen-bond acceptors (Lipinski definition) is 14. The van der Waals surface area contributed by atoms with Crippen molar-refractivity contribution >= 4 is 0 Å². The number of aryl methyl sites for hydroxylation is 2. The summed E-state index contributed by atoms with van der Waals surface area (Å²) in [5.41, 5.74) is -0.673. The zero-order chi connectivity index (χ0) is 56.2. The summed E-state index contributed by atoms with van der Waals surface area (Å²) in [4.78, 5) is 57.4. The summed E-state index contributed by atoms with van der Waals surface area (Å²) >= 11 is 0. The summed E-state index contributed by atoms with van der Waals surface area (Å²) in [6.45, 7) is 4.08. The van der Waals surface area contributed by atoms with Gasteiger partial charge in [-0.3, -0.25) is 28.7 Å². The summed E-state index contributed by atoms with van der Waals surface area (Å²) < 4.78 is 59.8. The number of aliphatic hydroxyl groups is 1. The molecular formula is C62H61N4O14. The molecule has 6 aromatic carbocycles. The second-order valence-corrected chi connectivity index (χ2v) is 19.6. The molecule has 18 heteroatoms. The van der Waals surface area contributed by atoms with E-state index in [2.05, 4.69) is 9.97 Å². The molecule has 0 spiro atoms. The van der Waals surface area contributed by atoms with Crippen molar-refractivity contribution in [2.24, 2.45) is 0 Å². The van der Waals surface area contributed by atoms with Crippen molar-refractivity contribution < 1.29 is 47.7 Å². The van der Waals surface area contributed by atoms with Gasteiger partial charge in [0.15, 0.2) is 5.79 Å². The van der Waals surface area contributed by atoms with E-state index in [1.165, 1.54) is 28.1 Å². The molecule has 0 saturated carbocycles. The Hall–Kier alpha value is -8.36. The smallest absolute Gasteiger partial charge is 0.330 e. The van der Waals surface area contributed by atoms with Crippen LogP contribution in [0.5, 0.6) is 23.0 Å². The molecule has 2 saturated heterocycles. The molecule has 0 bridgehead atoms. The van der Waals surface area contributed by atoms with Gasteiger partial charge in [0.25, 0.3) is 11.1 Å². The van der Waals surface area contributed by atoms with E-state index >= 15 is 0 Å². The minimum absolute atomic E-state index is 0.0241. The zero-order valence-electron chi connectivity index (χ0n) is 44.9. The molecule has 18 nitrogen and oxygen atoms in total. The highest BCUT2D eigenvalue weighted by atomic mass is 16.7. The van der Waals surface area contributed by atoms with Crippen molar-refractivity contribution in [1.29, 1.82) is 0 Å². The Labute approximate surface area is 460 Å². The summed E-state index contributed by atoms with van der Waals surface area (Å²) in [5, 5.41) is 13.3. The molecule has 2 aromatic heterocycles. The van der Waals surface area contributed by atoms with Gasteiger partial charge < -0.3 is 47.7 Å². The molecular weight excluding hydrogens is 1020 g/mol. The number of benzene rings is 6. The lowest BCUT2D eigenvalue weighted by Crippen LogP contribution is -2.47. The molecule has 80 heavy (non-hydrogen) atoms. The Kier molecular flexibility index (Phi) is 15.9. The fourth-order valence-corrected chi connectivity index (χ4v) is 10.6. The van der Waals surface area contributed by atoms with E-state index < -0.39 is 70.3 Å². The molecule has 1 radical (unpaired) electrons. The Morgan fingerprint density at radius 2 is 0.938 bits per heavy atom. The lowest BCUT2D eigenvalue weighted by atomic mass is 9.79. The summed E-state index contributed by atoms with van der Waals surface area (Å²) in [6, 6.07) is 49.0. The van der Waals surface area contributed by atoms with Gasteiger partial charge in [0, 0.05) is 36.4 Å². The maximum Gasteiger partial charge on any atom is 0.330 e. The van der Waals surface area contributed by atoms with Crippen LogP contribution >= 0.6 is 0 Å². The number of nitrogens with zero attached hydrogens (tertiary/aromatic N) is 2. The van der Waals surface area contributed by atoms with Gasteiger partial charge in [-0.2, -0.15) is 0 Å². The number of aromatic amines is 2. The van der Waals surface area contributed by atoms with Gasteiger partial charge in [0.2, 0.25) is 0 Å². The summed E-state index contributed by atoms with van der Waals surface area (Å²) in [7, 11) is 6.33. The van der Waals surface area contributed by atoms with Gasteiger partial charge in [-0.05, 0) is 95.8 Å². The average molecular weight is 1090 g/mol. The Bertz CT molecular complexity index is 3550. The number of methoxy groups -OCH3 is 4. The number of H-pyrrole nitrogens is 2. The standard InChI is InChI=1S/C62H61N4O14/c1-39-35-65(58(69)63-56(39)67)54-33-51(80-62(42-15-11-8-12-16-42,45-21-29-49(74-5)30-22-45)46-23-31-50(75-6)32-24-46)52(78-54)37-76-60(71)34-55(66-36-40(2)57(68)64-59(66)70)79-53(60)38-77-61(41-13-9-7-10-14-41,43-17-25-47(72-3)26-18-43)44-19-27-48(73-4)28-20-44/h7-32,35-37,51-55,71H,33-34,38H2,1-6H3,(H,63,67,69)(H,64,68,70)/t51-,52+,53+,54+,55+,60-/m0/s1. The van der Waals surface area contributed by atoms with Gasteiger partial charge in [-0.15, -0.1) is 0 Å².